The minimum absolute atomic E-state index is 0.0140. The summed E-state index contributed by atoms with van der Waals surface area (Å²) in [5, 5.41) is 12.6. The summed E-state index contributed by atoms with van der Waals surface area (Å²) in [6, 6.07) is 14.1. The van der Waals surface area contributed by atoms with Gasteiger partial charge in [0.05, 0.1) is 10.7 Å². The number of nitrogens with one attached hydrogen (secondary N) is 1. The average Bonchev–Trinajstić information content (AvgIpc) is 2.50. The molecule has 0 aliphatic heterocycles. The van der Waals surface area contributed by atoms with Crippen LogP contribution in [0.3, 0.4) is 0 Å². The van der Waals surface area contributed by atoms with Gasteiger partial charge in [-0.05, 0) is 36.8 Å². The van der Waals surface area contributed by atoms with Crippen molar-refractivity contribution in [2.24, 2.45) is 0 Å². The normalized spacial score (nSPS) is 10.9. The molecule has 0 aromatic heterocycles. The highest BCUT2D eigenvalue weighted by Crippen LogP contribution is 2.25. The van der Waals surface area contributed by atoms with Crippen molar-refractivity contribution < 1.29 is 4.79 Å². The number of halogens is 2. The Kier molecular flexibility index (Phi) is 5.21. The Bertz CT molecular complexity index is 774. The van der Waals surface area contributed by atoms with E-state index in [9.17, 15) is 10.1 Å². The summed E-state index contributed by atoms with van der Waals surface area (Å²) in [4.78, 5) is 12.2. The summed E-state index contributed by atoms with van der Waals surface area (Å²) in [6.45, 7) is 1.96. The number of hydrogen-bond acceptors (Lipinski definition) is 2. The number of nitrogens with zero attached hydrogens (tertiary/aromatic N) is 1. The number of anilines is 1. The van der Waals surface area contributed by atoms with Crippen molar-refractivity contribution in [1.82, 2.24) is 0 Å². The lowest BCUT2D eigenvalue weighted by molar-refractivity contribution is -0.112. The van der Waals surface area contributed by atoms with E-state index in [0.717, 1.165) is 11.1 Å². The molecule has 0 saturated carbocycles. The fraction of sp³-hybridized carbons (Fsp3) is 0.0588. The van der Waals surface area contributed by atoms with E-state index in [1.54, 1.807) is 12.1 Å². The van der Waals surface area contributed by atoms with Crippen molar-refractivity contribution in [3.63, 3.8) is 0 Å². The molecule has 0 fully saturated rings. The zero-order chi connectivity index (χ0) is 16.1. The topological polar surface area (TPSA) is 52.9 Å². The van der Waals surface area contributed by atoms with E-state index in [0.29, 0.717) is 15.7 Å². The van der Waals surface area contributed by atoms with Crippen LogP contribution in [0, 0.1) is 18.3 Å². The van der Waals surface area contributed by atoms with E-state index >= 15 is 0 Å². The van der Waals surface area contributed by atoms with E-state index in [4.69, 9.17) is 23.2 Å². The van der Waals surface area contributed by atoms with Gasteiger partial charge in [-0.25, -0.2) is 0 Å². The molecule has 1 amide bonds. The van der Waals surface area contributed by atoms with E-state index in [1.165, 1.54) is 12.1 Å². The van der Waals surface area contributed by atoms with Crippen LogP contribution < -0.4 is 5.32 Å². The summed E-state index contributed by atoms with van der Waals surface area (Å²) in [6.07, 6.45) is 1.52. The lowest BCUT2D eigenvalue weighted by atomic mass is 10.1. The second-order valence-corrected chi connectivity index (χ2v) is 5.50. The van der Waals surface area contributed by atoms with Gasteiger partial charge in [0.1, 0.15) is 11.6 Å². The molecule has 3 nitrogen and oxygen atoms in total. The molecule has 0 aliphatic rings. The van der Waals surface area contributed by atoms with E-state index < -0.39 is 5.91 Å². The van der Waals surface area contributed by atoms with Crippen LogP contribution in [0.15, 0.2) is 48.0 Å². The van der Waals surface area contributed by atoms with Crippen LogP contribution in [0.1, 0.15) is 11.1 Å². The Morgan fingerprint density at radius 3 is 2.50 bits per heavy atom. The molecule has 5 heteroatoms. The largest absolute Gasteiger partial charge is 0.320 e. The molecule has 110 valence electrons. The maximum atomic E-state index is 12.2. The minimum atomic E-state index is -0.535. The predicted octanol–water partition coefficient (Wildman–Crippen LogP) is 4.85. The molecular weight excluding hydrogens is 319 g/mol. The lowest BCUT2D eigenvalue weighted by Gasteiger charge is -2.07. The van der Waals surface area contributed by atoms with Crippen LogP contribution in [0.5, 0.6) is 0 Å². The van der Waals surface area contributed by atoms with Crippen LogP contribution >= 0.6 is 23.2 Å². The molecule has 0 bridgehead atoms. The summed E-state index contributed by atoms with van der Waals surface area (Å²) in [5.41, 5.74) is 2.23. The van der Waals surface area contributed by atoms with Gasteiger partial charge in [0.2, 0.25) is 0 Å². The molecule has 0 atom stereocenters. The molecule has 0 spiro atoms. The smallest absolute Gasteiger partial charge is 0.266 e. The third kappa shape index (κ3) is 4.11. The average molecular weight is 331 g/mol. The second kappa shape index (κ2) is 7.13. The molecular formula is C17H12Cl2N2O. The Morgan fingerprint density at radius 1 is 1.18 bits per heavy atom. The van der Waals surface area contributed by atoms with Crippen LogP contribution in [-0.2, 0) is 4.79 Å². The van der Waals surface area contributed by atoms with Gasteiger partial charge >= 0.3 is 0 Å². The van der Waals surface area contributed by atoms with Crippen LogP contribution in [0.4, 0.5) is 5.69 Å². The van der Waals surface area contributed by atoms with Gasteiger partial charge in [0, 0.05) is 5.02 Å². The molecule has 0 unspecified atom stereocenters. The highest BCUT2D eigenvalue weighted by Gasteiger charge is 2.11. The number of aryl methyl sites for hydroxylation is 1. The van der Waals surface area contributed by atoms with Gasteiger partial charge in [-0.2, -0.15) is 5.26 Å². The summed E-state index contributed by atoms with van der Waals surface area (Å²) in [7, 11) is 0. The second-order valence-electron chi connectivity index (χ2n) is 4.66. The molecule has 2 rings (SSSR count). The lowest BCUT2D eigenvalue weighted by Crippen LogP contribution is -2.13. The van der Waals surface area contributed by atoms with Crippen molar-refractivity contribution in [2.75, 3.05) is 5.32 Å². The molecule has 1 N–H and O–H groups in total. The fourth-order valence-electron chi connectivity index (χ4n) is 1.76. The van der Waals surface area contributed by atoms with Crippen LogP contribution in [-0.4, -0.2) is 5.91 Å². The number of carbonyl (C=O) groups is 1. The first-order valence-electron chi connectivity index (χ1n) is 6.44. The van der Waals surface area contributed by atoms with Gasteiger partial charge < -0.3 is 5.32 Å². The molecule has 0 heterocycles. The Labute approximate surface area is 138 Å². The van der Waals surface area contributed by atoms with Gasteiger partial charge in [-0.1, -0.05) is 53.0 Å². The molecule has 2 aromatic rings. The van der Waals surface area contributed by atoms with E-state index in [2.05, 4.69) is 5.32 Å². The van der Waals surface area contributed by atoms with Crippen molar-refractivity contribution in [1.29, 1.82) is 5.26 Å². The summed E-state index contributed by atoms with van der Waals surface area (Å²) >= 11 is 11.9. The number of nitriles is 1. The van der Waals surface area contributed by atoms with Crippen LogP contribution in [0.2, 0.25) is 10.0 Å². The van der Waals surface area contributed by atoms with Crippen molar-refractivity contribution in [3.05, 3.63) is 69.2 Å². The molecule has 0 aliphatic carbocycles. The Morgan fingerprint density at radius 2 is 1.86 bits per heavy atom. The van der Waals surface area contributed by atoms with Gasteiger partial charge in [-0.3, -0.25) is 4.79 Å². The molecule has 0 radical (unpaired) electrons. The third-order valence-corrected chi connectivity index (χ3v) is 3.49. The standard InChI is InChI=1S/C17H12Cl2N2O/c1-11-2-4-12(5-3-11)8-13(10-20)17(22)21-16-9-14(18)6-7-15(16)19/h2-9H,1H3,(H,21,22). The quantitative estimate of drug-likeness (QED) is 0.646. The SMILES string of the molecule is Cc1ccc(C=C(C#N)C(=O)Nc2cc(Cl)ccc2Cl)cc1. The van der Waals surface area contributed by atoms with Gasteiger partial charge in [0.15, 0.2) is 0 Å². The first kappa shape index (κ1) is 16.1. The van der Waals surface area contributed by atoms with Gasteiger partial charge in [-0.15, -0.1) is 0 Å². The van der Waals surface area contributed by atoms with Gasteiger partial charge in [0.25, 0.3) is 5.91 Å². The van der Waals surface area contributed by atoms with E-state index in [1.807, 2.05) is 37.3 Å². The predicted molar refractivity (Wildman–Crippen MR) is 89.9 cm³/mol. The number of amides is 1. The number of benzene rings is 2. The first-order chi connectivity index (χ1) is 10.5. The fourth-order valence-corrected chi connectivity index (χ4v) is 2.10. The number of carbonyl (C=O) groups excluding carboxylic acids is 1. The zero-order valence-corrected chi connectivity index (χ0v) is 13.2. The monoisotopic (exact) mass is 330 g/mol. The van der Waals surface area contributed by atoms with Crippen molar-refractivity contribution in [2.45, 2.75) is 6.92 Å². The maximum absolute atomic E-state index is 12.2. The highest BCUT2D eigenvalue weighted by atomic mass is 35.5. The highest BCUT2D eigenvalue weighted by molar-refractivity contribution is 6.36. The molecule has 0 saturated heterocycles. The van der Waals surface area contributed by atoms with E-state index in [-0.39, 0.29) is 5.57 Å². The molecule has 2 aromatic carbocycles. The summed E-state index contributed by atoms with van der Waals surface area (Å²) < 4.78 is 0. The number of hydrogen-bond donors (Lipinski definition) is 1. The zero-order valence-electron chi connectivity index (χ0n) is 11.7. The summed E-state index contributed by atoms with van der Waals surface area (Å²) in [5.74, 6) is -0.535. The van der Waals surface area contributed by atoms with Crippen molar-refractivity contribution in [3.8, 4) is 6.07 Å². The third-order valence-electron chi connectivity index (χ3n) is 2.93. The number of rotatable bonds is 3. The Balaban J connectivity index is 2.24. The van der Waals surface area contributed by atoms with Crippen molar-refractivity contribution >= 4 is 40.9 Å². The maximum Gasteiger partial charge on any atom is 0.266 e. The molecule has 22 heavy (non-hydrogen) atoms. The van der Waals surface area contributed by atoms with Crippen LogP contribution in [0.25, 0.3) is 6.08 Å². The Hall–Kier alpha value is -2.28. The first-order valence-corrected chi connectivity index (χ1v) is 7.20. The minimum Gasteiger partial charge on any atom is -0.320 e.